The number of rotatable bonds is 1. The number of halogens is 1. The van der Waals surface area contributed by atoms with Crippen molar-refractivity contribution >= 4 is 34.4 Å². The lowest BCUT2D eigenvalue weighted by Gasteiger charge is -2.05. The highest BCUT2D eigenvalue weighted by molar-refractivity contribution is 9.10. The minimum Gasteiger partial charge on any atom is -0.423 e. The molecule has 0 aromatic heterocycles. The zero-order valence-corrected chi connectivity index (χ0v) is 8.71. The van der Waals surface area contributed by atoms with Crippen molar-refractivity contribution in [2.24, 2.45) is 0 Å². The van der Waals surface area contributed by atoms with E-state index in [2.05, 4.69) is 21.2 Å². The van der Waals surface area contributed by atoms with Crippen molar-refractivity contribution < 1.29 is 14.8 Å². The summed E-state index contributed by atoms with van der Waals surface area (Å²) >= 11 is 3.21. The van der Waals surface area contributed by atoms with E-state index in [1.165, 1.54) is 6.07 Å². The molecule has 0 saturated carbocycles. The maximum Gasteiger partial charge on any atom is 0.489 e. The molecule has 0 saturated heterocycles. The second-order valence-corrected chi connectivity index (χ2v) is 3.94. The predicted octanol–water partition coefficient (Wildman–Crippen LogP) is -0.628. The first-order valence-electron chi connectivity index (χ1n) is 4.06. The van der Waals surface area contributed by atoms with Gasteiger partial charge in [0.25, 0.3) is 5.91 Å². The van der Waals surface area contributed by atoms with Gasteiger partial charge in [0.1, 0.15) is 0 Å². The van der Waals surface area contributed by atoms with Gasteiger partial charge in [0.2, 0.25) is 0 Å². The van der Waals surface area contributed by atoms with Gasteiger partial charge in [0.05, 0.1) is 0 Å². The van der Waals surface area contributed by atoms with Crippen LogP contribution < -0.4 is 10.8 Å². The number of hydrogen-bond acceptors (Lipinski definition) is 3. The zero-order chi connectivity index (χ0) is 10.3. The summed E-state index contributed by atoms with van der Waals surface area (Å²) in [6.45, 7) is 0.495. The molecule has 1 heterocycles. The molecule has 4 nitrogen and oxygen atoms in total. The number of nitrogens with one attached hydrogen (secondary N) is 1. The SMILES string of the molecule is O=C1NCc2cc(Br)c(B(O)O)cc21. The molecule has 0 fully saturated rings. The molecule has 1 aromatic carbocycles. The summed E-state index contributed by atoms with van der Waals surface area (Å²) in [5.74, 6) is -0.172. The largest absolute Gasteiger partial charge is 0.489 e. The molecule has 1 aliphatic rings. The van der Waals surface area contributed by atoms with E-state index in [0.29, 0.717) is 22.0 Å². The highest BCUT2D eigenvalue weighted by atomic mass is 79.9. The molecular formula is C8H7BBrNO3. The number of amides is 1. The average Bonchev–Trinajstić information content (AvgIpc) is 2.46. The second-order valence-electron chi connectivity index (χ2n) is 3.09. The summed E-state index contributed by atoms with van der Waals surface area (Å²) in [4.78, 5) is 11.3. The Hall–Kier alpha value is -0.845. The number of hydrogen-bond donors (Lipinski definition) is 3. The normalized spacial score (nSPS) is 13.8. The molecule has 72 valence electrons. The lowest BCUT2D eigenvalue weighted by Crippen LogP contribution is -2.31. The van der Waals surface area contributed by atoms with Crippen LogP contribution in [0.25, 0.3) is 0 Å². The second kappa shape index (κ2) is 3.38. The molecule has 14 heavy (non-hydrogen) atoms. The van der Waals surface area contributed by atoms with Crippen molar-refractivity contribution in [1.29, 1.82) is 0 Å². The predicted molar refractivity (Wildman–Crippen MR) is 55.1 cm³/mol. The molecule has 1 amide bonds. The van der Waals surface area contributed by atoms with Crippen LogP contribution in [0.4, 0.5) is 0 Å². The standard InChI is InChI=1S/C8H7BBrNO3/c10-7-1-4-3-11-8(12)5(4)2-6(7)9(13)14/h1-2,13-14H,3H2,(H,11,12). The Labute approximate surface area is 89.2 Å². The Balaban J connectivity index is 2.57. The smallest absolute Gasteiger partial charge is 0.423 e. The van der Waals surface area contributed by atoms with Crippen molar-refractivity contribution in [1.82, 2.24) is 5.32 Å². The van der Waals surface area contributed by atoms with Crippen LogP contribution in [0.2, 0.25) is 0 Å². The van der Waals surface area contributed by atoms with Gasteiger partial charge >= 0.3 is 7.12 Å². The van der Waals surface area contributed by atoms with Gasteiger partial charge in [-0.1, -0.05) is 15.9 Å². The van der Waals surface area contributed by atoms with E-state index in [4.69, 9.17) is 10.0 Å². The van der Waals surface area contributed by atoms with Crippen LogP contribution in [0.5, 0.6) is 0 Å². The first kappa shape index (κ1) is 9.70. The summed E-state index contributed by atoms with van der Waals surface area (Å²) in [6.07, 6.45) is 0. The Morgan fingerprint density at radius 3 is 2.79 bits per heavy atom. The van der Waals surface area contributed by atoms with Crippen molar-refractivity contribution in [3.05, 3.63) is 27.7 Å². The summed E-state index contributed by atoms with van der Waals surface area (Å²) in [6, 6.07) is 3.22. The molecule has 1 aromatic rings. The van der Waals surface area contributed by atoms with Gasteiger partial charge in [0, 0.05) is 16.6 Å². The fourth-order valence-electron chi connectivity index (χ4n) is 1.46. The van der Waals surface area contributed by atoms with E-state index >= 15 is 0 Å². The maximum absolute atomic E-state index is 11.3. The molecule has 2 rings (SSSR count). The van der Waals surface area contributed by atoms with E-state index in [9.17, 15) is 4.79 Å². The van der Waals surface area contributed by atoms with E-state index in [-0.39, 0.29) is 5.91 Å². The molecule has 0 bridgehead atoms. The highest BCUT2D eigenvalue weighted by Crippen LogP contribution is 2.19. The van der Waals surface area contributed by atoms with Crippen LogP contribution in [0, 0.1) is 0 Å². The molecule has 6 heteroatoms. The van der Waals surface area contributed by atoms with Crippen molar-refractivity contribution in [2.45, 2.75) is 6.54 Å². The van der Waals surface area contributed by atoms with Crippen molar-refractivity contribution in [3.63, 3.8) is 0 Å². The van der Waals surface area contributed by atoms with Gasteiger partial charge in [-0.15, -0.1) is 0 Å². The third kappa shape index (κ3) is 1.45. The molecule has 3 N–H and O–H groups in total. The molecule has 0 unspecified atom stereocenters. The minimum atomic E-state index is -1.57. The summed E-state index contributed by atoms with van der Waals surface area (Å²) in [5.41, 5.74) is 1.68. The fraction of sp³-hybridized carbons (Fsp3) is 0.125. The topological polar surface area (TPSA) is 69.6 Å². The Morgan fingerprint density at radius 1 is 1.43 bits per heavy atom. The fourth-order valence-corrected chi connectivity index (χ4v) is 2.05. The summed E-state index contributed by atoms with van der Waals surface area (Å²) in [5, 5.41) is 20.7. The van der Waals surface area contributed by atoms with Crippen LogP contribution in [-0.2, 0) is 6.54 Å². The summed E-state index contributed by atoms with van der Waals surface area (Å²) < 4.78 is 0.600. The Bertz CT molecular complexity index is 408. The molecule has 0 aliphatic carbocycles. The van der Waals surface area contributed by atoms with Crippen LogP contribution in [0.1, 0.15) is 15.9 Å². The van der Waals surface area contributed by atoms with E-state index in [1.54, 1.807) is 6.07 Å². The van der Waals surface area contributed by atoms with Crippen LogP contribution in [0.3, 0.4) is 0 Å². The first-order chi connectivity index (χ1) is 6.59. The minimum absolute atomic E-state index is 0.172. The molecule has 1 aliphatic heterocycles. The third-order valence-corrected chi connectivity index (χ3v) is 2.87. The molecule has 0 radical (unpaired) electrons. The number of fused-ring (bicyclic) bond motifs is 1. The maximum atomic E-state index is 11.3. The number of carbonyl (C=O) groups excluding carboxylic acids is 1. The van der Waals surface area contributed by atoms with Gasteiger partial charge in [0.15, 0.2) is 0 Å². The van der Waals surface area contributed by atoms with Crippen molar-refractivity contribution in [2.75, 3.05) is 0 Å². The highest BCUT2D eigenvalue weighted by Gasteiger charge is 2.24. The Kier molecular flexibility index (Phi) is 2.34. The molecule has 0 atom stereocenters. The van der Waals surface area contributed by atoms with Crippen LogP contribution in [-0.4, -0.2) is 23.1 Å². The lowest BCUT2D eigenvalue weighted by molar-refractivity contribution is 0.0966. The number of benzene rings is 1. The van der Waals surface area contributed by atoms with Gasteiger partial charge < -0.3 is 15.4 Å². The first-order valence-corrected chi connectivity index (χ1v) is 4.85. The van der Waals surface area contributed by atoms with Gasteiger partial charge in [-0.25, -0.2) is 0 Å². The molecular weight excluding hydrogens is 249 g/mol. The van der Waals surface area contributed by atoms with Crippen LogP contribution in [0.15, 0.2) is 16.6 Å². The lowest BCUT2D eigenvalue weighted by atomic mass is 9.79. The van der Waals surface area contributed by atoms with Gasteiger partial charge in [-0.2, -0.15) is 0 Å². The van der Waals surface area contributed by atoms with E-state index < -0.39 is 7.12 Å². The zero-order valence-electron chi connectivity index (χ0n) is 7.12. The number of carbonyl (C=O) groups is 1. The van der Waals surface area contributed by atoms with E-state index in [0.717, 1.165) is 5.56 Å². The average molecular weight is 256 g/mol. The van der Waals surface area contributed by atoms with Gasteiger partial charge in [-0.05, 0) is 23.2 Å². The summed E-state index contributed by atoms with van der Waals surface area (Å²) in [7, 11) is -1.57. The monoisotopic (exact) mass is 255 g/mol. The van der Waals surface area contributed by atoms with Crippen LogP contribution >= 0.6 is 15.9 Å². The van der Waals surface area contributed by atoms with Crippen molar-refractivity contribution in [3.8, 4) is 0 Å². The Morgan fingerprint density at radius 2 is 2.14 bits per heavy atom. The molecule has 0 spiro atoms. The van der Waals surface area contributed by atoms with Gasteiger partial charge in [-0.3, -0.25) is 4.79 Å². The third-order valence-electron chi connectivity index (χ3n) is 2.18. The quantitative estimate of drug-likeness (QED) is 0.586. The van der Waals surface area contributed by atoms with E-state index in [1.807, 2.05) is 0 Å².